The second kappa shape index (κ2) is 10.8. The summed E-state index contributed by atoms with van der Waals surface area (Å²) < 4.78 is 2.57. The maximum absolute atomic E-state index is 5.70. The van der Waals surface area contributed by atoms with E-state index in [-0.39, 0.29) is 5.41 Å². The second-order valence-corrected chi connectivity index (χ2v) is 15.1. The van der Waals surface area contributed by atoms with Crippen molar-refractivity contribution in [2.24, 2.45) is 0 Å². The molecule has 2 aliphatic rings. The van der Waals surface area contributed by atoms with E-state index >= 15 is 0 Å². The lowest BCUT2D eigenvalue weighted by atomic mass is 9.67. The molecule has 10 aromatic rings. The molecule has 1 spiro atoms. The molecule has 0 atom stereocenters. The van der Waals surface area contributed by atoms with E-state index in [1.807, 2.05) is 0 Å². The predicted octanol–water partition coefficient (Wildman–Crippen LogP) is 13.1. The summed E-state index contributed by atoms with van der Waals surface area (Å²) in [5, 5.41) is 10.0. The Morgan fingerprint density at radius 1 is 0.453 bits per heavy atom. The Hall–Kier alpha value is -6.32. The maximum atomic E-state index is 5.70. The largest absolute Gasteiger partial charge is 0.291 e. The molecule has 0 bridgehead atoms. The Labute approximate surface area is 307 Å². The smallest absolute Gasteiger partial charge is 0.165 e. The third-order valence-corrected chi connectivity index (χ3v) is 12.5. The molecule has 0 unspecified atom stereocenters. The highest BCUT2D eigenvalue weighted by molar-refractivity contribution is 6.30. The number of para-hydroxylation sites is 2. The van der Waals surface area contributed by atoms with E-state index in [2.05, 4.69) is 156 Å². The molecule has 1 saturated carbocycles. The van der Waals surface area contributed by atoms with Gasteiger partial charge >= 0.3 is 0 Å². The van der Waals surface area contributed by atoms with E-state index in [0.29, 0.717) is 0 Å². The topological polar surface area (TPSA) is 30.7 Å². The van der Waals surface area contributed by atoms with Crippen molar-refractivity contribution in [2.45, 2.75) is 37.5 Å². The average Bonchev–Trinajstić information content (AvgIpc) is 3.71. The zero-order valence-corrected chi connectivity index (χ0v) is 29.3. The number of benzene rings is 8. The Morgan fingerprint density at radius 3 is 1.91 bits per heavy atom. The van der Waals surface area contributed by atoms with Gasteiger partial charge in [-0.05, 0) is 74.2 Å². The number of hydrogen-bond donors (Lipinski definition) is 0. The first-order valence-corrected chi connectivity index (χ1v) is 19.1. The molecule has 1 fully saturated rings. The standard InChI is InChI=1S/C50H35N3/c1-12-29-50(30-13-1)40-24-9-8-22-38(40)43-35-20-6-7-21-36(35)44-39-28-27-32-16-3-5-19-34(32)47(39)53(48(44)45(43)50)49-46(51-41-25-10-11-26-42(41)52-49)37-23-14-17-31-15-2-4-18-33(31)37/h2-11,14-28H,1,12-13,29-30H2. The summed E-state index contributed by atoms with van der Waals surface area (Å²) >= 11 is 0. The van der Waals surface area contributed by atoms with Gasteiger partial charge in [-0.3, -0.25) is 4.57 Å². The zero-order valence-electron chi connectivity index (χ0n) is 29.3. The van der Waals surface area contributed by atoms with Crippen molar-refractivity contribution in [3.63, 3.8) is 0 Å². The van der Waals surface area contributed by atoms with E-state index in [9.17, 15) is 0 Å². The van der Waals surface area contributed by atoms with Crippen LogP contribution < -0.4 is 0 Å². The third-order valence-electron chi connectivity index (χ3n) is 12.5. The Bertz CT molecular complexity index is 3160. The summed E-state index contributed by atoms with van der Waals surface area (Å²) in [7, 11) is 0. The monoisotopic (exact) mass is 677 g/mol. The highest BCUT2D eigenvalue weighted by Crippen LogP contribution is 2.61. The van der Waals surface area contributed by atoms with Crippen LogP contribution in [0.25, 0.3) is 93.4 Å². The van der Waals surface area contributed by atoms with Crippen LogP contribution in [0.5, 0.6) is 0 Å². The fourth-order valence-electron chi connectivity index (χ4n) is 10.4. The van der Waals surface area contributed by atoms with Crippen molar-refractivity contribution in [1.82, 2.24) is 14.5 Å². The Morgan fingerprint density at radius 2 is 1.08 bits per heavy atom. The van der Waals surface area contributed by atoms with Gasteiger partial charge in [-0.1, -0.05) is 159 Å². The quantitative estimate of drug-likeness (QED) is 0.182. The molecule has 3 heteroatoms. The van der Waals surface area contributed by atoms with E-state index in [0.717, 1.165) is 41.0 Å². The van der Waals surface area contributed by atoms with Gasteiger partial charge in [0.25, 0.3) is 0 Å². The van der Waals surface area contributed by atoms with Gasteiger partial charge in [-0.15, -0.1) is 0 Å². The first-order chi connectivity index (χ1) is 26.3. The number of hydrogen-bond acceptors (Lipinski definition) is 2. The van der Waals surface area contributed by atoms with Crippen molar-refractivity contribution in [1.29, 1.82) is 0 Å². The summed E-state index contributed by atoms with van der Waals surface area (Å²) in [5.41, 5.74) is 12.0. The molecular weight excluding hydrogens is 643 g/mol. The zero-order chi connectivity index (χ0) is 34.7. The lowest BCUT2D eigenvalue weighted by Crippen LogP contribution is -2.28. The molecule has 0 aliphatic heterocycles. The fraction of sp³-hybridized carbons (Fsp3) is 0.120. The molecule has 53 heavy (non-hydrogen) atoms. The molecule has 2 heterocycles. The van der Waals surface area contributed by atoms with Crippen molar-refractivity contribution >= 4 is 65.2 Å². The SMILES string of the molecule is c1ccc2c(c1)-c1c(c3c(c4ccccc14)c1ccc4ccccc4c1n3-c1nc3ccccc3nc1-c1cccc3ccccc13)C21CCCCC1. The average molecular weight is 678 g/mol. The van der Waals surface area contributed by atoms with Crippen LogP contribution in [0.4, 0.5) is 0 Å². The summed E-state index contributed by atoms with van der Waals surface area (Å²) in [5.74, 6) is 0.885. The number of rotatable bonds is 2. The van der Waals surface area contributed by atoms with Gasteiger partial charge in [-0.2, -0.15) is 0 Å². The van der Waals surface area contributed by atoms with Crippen molar-refractivity contribution in [2.75, 3.05) is 0 Å². The minimum absolute atomic E-state index is 0.0850. The van der Waals surface area contributed by atoms with E-state index in [1.54, 1.807) is 0 Å². The lowest BCUT2D eigenvalue weighted by Gasteiger charge is -2.36. The molecule has 250 valence electrons. The van der Waals surface area contributed by atoms with Gasteiger partial charge < -0.3 is 0 Å². The second-order valence-electron chi connectivity index (χ2n) is 15.1. The van der Waals surface area contributed by atoms with Crippen LogP contribution in [-0.2, 0) is 5.41 Å². The van der Waals surface area contributed by atoms with E-state index in [1.165, 1.54) is 95.6 Å². The van der Waals surface area contributed by atoms with Crippen LogP contribution in [-0.4, -0.2) is 14.5 Å². The lowest BCUT2D eigenvalue weighted by molar-refractivity contribution is 0.354. The normalized spacial score (nSPS) is 14.9. The Kier molecular flexibility index (Phi) is 5.99. The molecule has 8 aromatic carbocycles. The predicted molar refractivity (Wildman–Crippen MR) is 221 cm³/mol. The molecule has 2 aromatic heterocycles. The van der Waals surface area contributed by atoms with Crippen molar-refractivity contribution in [3.05, 3.63) is 163 Å². The summed E-state index contributed by atoms with van der Waals surface area (Å²) in [6.07, 6.45) is 6.02. The summed E-state index contributed by atoms with van der Waals surface area (Å²) in [6.45, 7) is 0. The molecule has 2 aliphatic carbocycles. The molecule has 0 amide bonds. The number of nitrogens with zero attached hydrogens (tertiary/aromatic N) is 3. The number of fused-ring (bicyclic) bond motifs is 16. The molecule has 3 nitrogen and oxygen atoms in total. The van der Waals surface area contributed by atoms with Crippen molar-refractivity contribution in [3.8, 4) is 28.2 Å². The first kappa shape index (κ1) is 29.3. The van der Waals surface area contributed by atoms with E-state index in [4.69, 9.17) is 9.97 Å². The Balaban J connectivity index is 1.38. The van der Waals surface area contributed by atoms with Gasteiger partial charge in [0.05, 0.1) is 22.1 Å². The maximum Gasteiger partial charge on any atom is 0.165 e. The van der Waals surface area contributed by atoms with Gasteiger partial charge in [0.15, 0.2) is 5.82 Å². The van der Waals surface area contributed by atoms with E-state index < -0.39 is 0 Å². The number of aromatic nitrogens is 3. The van der Waals surface area contributed by atoms with Gasteiger partial charge in [0, 0.05) is 27.1 Å². The van der Waals surface area contributed by atoms with Gasteiger partial charge in [0.2, 0.25) is 0 Å². The minimum atomic E-state index is -0.0850. The molecule has 0 N–H and O–H groups in total. The molecule has 0 radical (unpaired) electrons. The van der Waals surface area contributed by atoms with Crippen LogP contribution in [0, 0.1) is 0 Å². The van der Waals surface area contributed by atoms with Crippen LogP contribution >= 0.6 is 0 Å². The first-order valence-electron chi connectivity index (χ1n) is 19.1. The molecule has 12 rings (SSSR count). The highest BCUT2D eigenvalue weighted by atomic mass is 15.1. The summed E-state index contributed by atoms with van der Waals surface area (Å²) in [6, 6.07) is 55.7. The van der Waals surface area contributed by atoms with Crippen LogP contribution in [0.15, 0.2) is 152 Å². The van der Waals surface area contributed by atoms with Crippen LogP contribution in [0.1, 0.15) is 43.2 Å². The third kappa shape index (κ3) is 3.89. The fourth-order valence-corrected chi connectivity index (χ4v) is 10.4. The highest BCUT2D eigenvalue weighted by Gasteiger charge is 2.47. The van der Waals surface area contributed by atoms with Gasteiger partial charge in [-0.25, -0.2) is 9.97 Å². The van der Waals surface area contributed by atoms with Crippen molar-refractivity contribution < 1.29 is 0 Å². The van der Waals surface area contributed by atoms with Crippen LogP contribution in [0.3, 0.4) is 0 Å². The summed E-state index contributed by atoms with van der Waals surface area (Å²) in [4.78, 5) is 11.3. The van der Waals surface area contributed by atoms with Crippen LogP contribution in [0.2, 0.25) is 0 Å². The van der Waals surface area contributed by atoms with Gasteiger partial charge in [0.1, 0.15) is 5.69 Å². The molecular formula is C50H35N3. The minimum Gasteiger partial charge on any atom is -0.291 e. The molecule has 0 saturated heterocycles.